The number of hydrogen-bond donors (Lipinski definition) is 2. The summed E-state index contributed by atoms with van der Waals surface area (Å²) in [7, 11) is 0. The highest BCUT2D eigenvalue weighted by Gasteiger charge is 2.26. The van der Waals surface area contributed by atoms with E-state index in [4.69, 9.17) is 5.11 Å². The molecule has 0 heterocycles. The third-order valence-corrected chi connectivity index (χ3v) is 4.19. The van der Waals surface area contributed by atoms with Crippen LogP contribution in [0.15, 0.2) is 58.7 Å². The minimum Gasteiger partial charge on any atom is -0.392 e. The Kier molecular flexibility index (Phi) is 9.00. The Hall–Kier alpha value is -1.38. The minimum absolute atomic E-state index is 0. The van der Waals surface area contributed by atoms with Crippen LogP contribution in [0.4, 0.5) is 0 Å². The smallest absolute Gasteiger partial charge is 0.0617 e. The first-order valence-corrected chi connectivity index (χ1v) is 7.87. The maximum Gasteiger partial charge on any atom is 0.0617 e. The molecule has 124 valence electrons. The molecule has 0 unspecified atom stereocenters. The quantitative estimate of drug-likeness (QED) is 0.643. The molecule has 0 aromatic rings. The Bertz CT molecular complexity index is 502. The van der Waals surface area contributed by atoms with Crippen LogP contribution in [0.5, 0.6) is 0 Å². The Labute approximate surface area is 136 Å². The first kappa shape index (κ1) is 20.6. The topological polar surface area (TPSA) is 55.2 Å². The molecule has 0 aromatic heterocycles. The zero-order valence-electron chi connectivity index (χ0n) is 14.9. The number of aliphatic hydroxyl groups is 1. The minimum atomic E-state index is 0. The van der Waals surface area contributed by atoms with E-state index in [1.54, 1.807) is 6.08 Å². The molecule has 0 atom stereocenters. The molecule has 0 radical (unpaired) electrons. The van der Waals surface area contributed by atoms with Crippen LogP contribution in [0, 0.1) is 5.41 Å². The maximum atomic E-state index is 8.81. The summed E-state index contributed by atoms with van der Waals surface area (Å²) in [5, 5.41) is 8.81. The van der Waals surface area contributed by atoms with E-state index in [1.807, 2.05) is 19.1 Å². The molecule has 0 saturated carbocycles. The maximum absolute atomic E-state index is 8.81. The molecule has 1 aliphatic carbocycles. The highest BCUT2D eigenvalue weighted by atomic mass is 16.2. The molecule has 0 aromatic carbocycles. The van der Waals surface area contributed by atoms with E-state index in [1.165, 1.54) is 36.0 Å². The van der Waals surface area contributed by atoms with Crippen molar-refractivity contribution in [3.63, 3.8) is 0 Å². The molecule has 4 N–H and O–H groups in total. The lowest BCUT2D eigenvalue weighted by molar-refractivity contribution is 0.342. The van der Waals surface area contributed by atoms with E-state index < -0.39 is 0 Å². The van der Waals surface area contributed by atoms with Crippen LogP contribution in [0.1, 0.15) is 53.9 Å². The summed E-state index contributed by atoms with van der Waals surface area (Å²) in [4.78, 5) is 0. The molecule has 2 heteroatoms. The van der Waals surface area contributed by atoms with Crippen LogP contribution >= 0.6 is 0 Å². The van der Waals surface area contributed by atoms with Crippen molar-refractivity contribution in [2.24, 2.45) is 5.41 Å². The third-order valence-electron chi connectivity index (χ3n) is 4.19. The van der Waals surface area contributed by atoms with Crippen molar-refractivity contribution in [2.75, 3.05) is 6.61 Å². The fraction of sp³-hybridized carbons (Fsp3) is 0.500. The summed E-state index contributed by atoms with van der Waals surface area (Å²) in [6.45, 7) is 11.2. The second-order valence-electron chi connectivity index (χ2n) is 6.67. The predicted molar refractivity (Wildman–Crippen MR) is 98.2 cm³/mol. The van der Waals surface area contributed by atoms with Crippen LogP contribution in [0.3, 0.4) is 0 Å². The third kappa shape index (κ3) is 6.59. The van der Waals surface area contributed by atoms with Gasteiger partial charge in [-0.2, -0.15) is 0 Å². The summed E-state index contributed by atoms with van der Waals surface area (Å²) in [5.41, 5.74) is 5.66. The summed E-state index contributed by atoms with van der Waals surface area (Å²) in [5.74, 6) is 0. The molecule has 0 bridgehead atoms. The zero-order chi connectivity index (χ0) is 15.9. The number of allylic oxidation sites excluding steroid dienone is 9. The van der Waals surface area contributed by atoms with Crippen molar-refractivity contribution < 1.29 is 5.11 Å². The molecular weight excluding hydrogens is 270 g/mol. The van der Waals surface area contributed by atoms with Crippen molar-refractivity contribution in [3.8, 4) is 0 Å². The van der Waals surface area contributed by atoms with Gasteiger partial charge < -0.3 is 11.3 Å². The van der Waals surface area contributed by atoms with Crippen LogP contribution in [0.25, 0.3) is 0 Å². The predicted octanol–water partition coefficient (Wildman–Crippen LogP) is 5.67. The van der Waals surface area contributed by atoms with Gasteiger partial charge in [-0.3, -0.25) is 0 Å². The van der Waals surface area contributed by atoms with Crippen molar-refractivity contribution in [1.29, 1.82) is 0 Å². The number of hydrogen-bond acceptors (Lipinski definition) is 2. The average molecular weight is 303 g/mol. The first-order valence-electron chi connectivity index (χ1n) is 7.87. The van der Waals surface area contributed by atoms with Gasteiger partial charge in [0.15, 0.2) is 0 Å². The van der Waals surface area contributed by atoms with Crippen molar-refractivity contribution >= 4 is 0 Å². The SMILES string of the molecule is CC1=C(/C=C/C(C)=C/C=C/C(C)=C/CO)C(C)(C)CCC1.N. The molecule has 1 rings (SSSR count). The van der Waals surface area contributed by atoms with Gasteiger partial charge in [-0.25, -0.2) is 0 Å². The van der Waals surface area contributed by atoms with E-state index in [0.717, 1.165) is 5.57 Å². The lowest BCUT2D eigenvalue weighted by Gasteiger charge is -2.32. The average Bonchev–Trinajstić information content (AvgIpc) is 2.37. The first-order chi connectivity index (χ1) is 9.86. The van der Waals surface area contributed by atoms with Crippen LogP contribution in [-0.4, -0.2) is 11.7 Å². The zero-order valence-corrected chi connectivity index (χ0v) is 14.9. The normalized spacial score (nSPS) is 19.9. The van der Waals surface area contributed by atoms with E-state index in [-0.39, 0.29) is 12.8 Å². The molecule has 0 spiro atoms. The van der Waals surface area contributed by atoms with Gasteiger partial charge in [-0.1, -0.05) is 67.0 Å². The molecule has 0 aliphatic heterocycles. The largest absolute Gasteiger partial charge is 0.392 e. The molecule has 22 heavy (non-hydrogen) atoms. The number of rotatable bonds is 5. The van der Waals surface area contributed by atoms with Gasteiger partial charge >= 0.3 is 0 Å². The van der Waals surface area contributed by atoms with Gasteiger partial charge in [0.05, 0.1) is 6.61 Å². The monoisotopic (exact) mass is 303 g/mol. The summed E-state index contributed by atoms with van der Waals surface area (Å²) in [6.07, 6.45) is 16.3. The van der Waals surface area contributed by atoms with E-state index in [9.17, 15) is 0 Å². The van der Waals surface area contributed by atoms with Crippen LogP contribution in [-0.2, 0) is 0 Å². The van der Waals surface area contributed by atoms with Crippen LogP contribution < -0.4 is 6.15 Å². The molecule has 0 saturated heterocycles. The van der Waals surface area contributed by atoms with Crippen LogP contribution in [0.2, 0.25) is 0 Å². The molecular formula is C20H33NO. The lowest BCUT2D eigenvalue weighted by atomic mass is 9.72. The summed E-state index contributed by atoms with van der Waals surface area (Å²) < 4.78 is 0. The second-order valence-corrected chi connectivity index (χ2v) is 6.67. The Balaban J connectivity index is 0.00000441. The Morgan fingerprint density at radius 1 is 1.18 bits per heavy atom. The molecule has 2 nitrogen and oxygen atoms in total. The lowest BCUT2D eigenvalue weighted by Crippen LogP contribution is -2.19. The highest BCUT2D eigenvalue weighted by Crippen LogP contribution is 2.40. The second kappa shape index (κ2) is 9.60. The molecule has 0 fully saturated rings. The Morgan fingerprint density at radius 2 is 1.86 bits per heavy atom. The summed E-state index contributed by atoms with van der Waals surface area (Å²) >= 11 is 0. The highest BCUT2D eigenvalue weighted by molar-refractivity contribution is 5.37. The molecule has 1 aliphatic rings. The van der Waals surface area contributed by atoms with Gasteiger partial charge in [0.2, 0.25) is 0 Å². The van der Waals surface area contributed by atoms with Gasteiger partial charge in [-0.05, 0) is 51.0 Å². The van der Waals surface area contributed by atoms with Crippen molar-refractivity contribution in [3.05, 3.63) is 58.7 Å². The van der Waals surface area contributed by atoms with Gasteiger partial charge in [0, 0.05) is 0 Å². The Morgan fingerprint density at radius 3 is 2.45 bits per heavy atom. The van der Waals surface area contributed by atoms with E-state index in [0.29, 0.717) is 5.41 Å². The summed E-state index contributed by atoms with van der Waals surface area (Å²) in [6, 6.07) is 0. The van der Waals surface area contributed by atoms with Crippen molar-refractivity contribution in [1.82, 2.24) is 6.15 Å². The fourth-order valence-electron chi connectivity index (χ4n) is 2.84. The number of aliphatic hydroxyl groups excluding tert-OH is 1. The van der Waals surface area contributed by atoms with E-state index in [2.05, 4.69) is 45.9 Å². The fourth-order valence-corrected chi connectivity index (χ4v) is 2.84. The van der Waals surface area contributed by atoms with Gasteiger partial charge in [-0.15, -0.1) is 0 Å². The van der Waals surface area contributed by atoms with Gasteiger partial charge in [0.1, 0.15) is 0 Å². The molecule has 0 amide bonds. The van der Waals surface area contributed by atoms with E-state index >= 15 is 0 Å². The van der Waals surface area contributed by atoms with Crippen molar-refractivity contribution in [2.45, 2.75) is 53.9 Å². The standard InChI is InChI=1S/C20H30O.H3N/c1-16(8-6-9-17(2)13-15-21)11-12-19-18(3)10-7-14-20(19,4)5;/h6,8-9,11-13,21H,7,10,14-15H2,1-5H3;1H3/b9-6+,12-11+,16-8+,17-13+;. The van der Waals surface area contributed by atoms with Gasteiger partial charge in [0.25, 0.3) is 0 Å².